The number of hydrogen-bond donors (Lipinski definition) is 1. The number of hydrogen-bond acceptors (Lipinski definition) is 3. The third-order valence-electron chi connectivity index (χ3n) is 3.61. The van der Waals surface area contributed by atoms with Crippen LogP contribution in [0, 0.1) is 0 Å². The maximum Gasteiger partial charge on any atom is 0.234 e. The molecule has 0 spiro atoms. The van der Waals surface area contributed by atoms with Gasteiger partial charge in [0.15, 0.2) is 0 Å². The summed E-state index contributed by atoms with van der Waals surface area (Å²) in [7, 11) is 1.74. The van der Waals surface area contributed by atoms with E-state index in [0.29, 0.717) is 6.54 Å². The summed E-state index contributed by atoms with van der Waals surface area (Å²) < 4.78 is 5.43. The van der Waals surface area contributed by atoms with Crippen LogP contribution in [-0.4, -0.2) is 49.7 Å². The number of carbonyl (C=O) groups excluding carboxylic acids is 1. The van der Waals surface area contributed by atoms with Crippen molar-refractivity contribution < 1.29 is 9.53 Å². The molecular weight excluding hydrogens is 216 g/mol. The van der Waals surface area contributed by atoms with E-state index in [0.717, 1.165) is 25.9 Å². The van der Waals surface area contributed by atoms with Crippen LogP contribution in [0.5, 0.6) is 0 Å². The first-order valence-corrected chi connectivity index (χ1v) is 6.75. The normalized spacial score (nSPS) is 24.9. The minimum Gasteiger partial charge on any atom is -0.379 e. The van der Waals surface area contributed by atoms with E-state index in [4.69, 9.17) is 4.74 Å². The summed E-state index contributed by atoms with van der Waals surface area (Å²) >= 11 is 0. The summed E-state index contributed by atoms with van der Waals surface area (Å²) in [5.41, 5.74) is 0. The van der Waals surface area contributed by atoms with E-state index in [2.05, 4.69) is 24.1 Å². The largest absolute Gasteiger partial charge is 0.379 e. The van der Waals surface area contributed by atoms with Crippen molar-refractivity contribution in [3.05, 3.63) is 0 Å². The number of carbonyl (C=O) groups is 1. The van der Waals surface area contributed by atoms with Crippen LogP contribution in [0.15, 0.2) is 0 Å². The van der Waals surface area contributed by atoms with E-state index in [1.165, 1.54) is 12.8 Å². The highest BCUT2D eigenvalue weighted by molar-refractivity contribution is 5.78. The Morgan fingerprint density at radius 1 is 1.29 bits per heavy atom. The molecule has 1 N–H and O–H groups in total. The number of ether oxygens (including phenoxy) is 1. The third kappa shape index (κ3) is 4.64. The first-order valence-electron chi connectivity index (χ1n) is 6.75. The molecule has 100 valence electrons. The molecular formula is C13H26N2O2. The van der Waals surface area contributed by atoms with E-state index in [-0.39, 0.29) is 18.1 Å². The van der Waals surface area contributed by atoms with Gasteiger partial charge in [-0.05, 0) is 25.9 Å². The van der Waals surface area contributed by atoms with E-state index in [1.54, 1.807) is 7.11 Å². The topological polar surface area (TPSA) is 41.6 Å². The van der Waals surface area contributed by atoms with Crippen LogP contribution >= 0.6 is 0 Å². The smallest absolute Gasteiger partial charge is 0.234 e. The van der Waals surface area contributed by atoms with Gasteiger partial charge in [0.05, 0.1) is 18.7 Å². The minimum absolute atomic E-state index is 0.127. The molecule has 1 rings (SSSR count). The Morgan fingerprint density at radius 3 is 2.53 bits per heavy atom. The first kappa shape index (κ1) is 14.5. The molecule has 1 saturated carbocycles. The number of nitrogens with one attached hydrogen (secondary N) is 1. The Bertz CT molecular complexity index is 229. The summed E-state index contributed by atoms with van der Waals surface area (Å²) in [6, 6.07) is 0.205. The fraction of sp³-hybridized carbons (Fsp3) is 0.923. The van der Waals surface area contributed by atoms with Crippen LogP contribution < -0.4 is 5.32 Å². The van der Waals surface area contributed by atoms with Gasteiger partial charge in [0.1, 0.15) is 0 Å². The second-order valence-corrected chi connectivity index (χ2v) is 4.69. The van der Waals surface area contributed by atoms with Crippen LogP contribution in [0.4, 0.5) is 0 Å². The predicted octanol–water partition coefficient (Wildman–Crippen LogP) is 1.40. The molecule has 4 heteroatoms. The Kier molecular flexibility index (Phi) is 6.52. The molecule has 0 radical (unpaired) electrons. The molecule has 0 heterocycles. The van der Waals surface area contributed by atoms with Crippen LogP contribution in [0.2, 0.25) is 0 Å². The van der Waals surface area contributed by atoms with Crippen molar-refractivity contribution in [1.29, 1.82) is 0 Å². The van der Waals surface area contributed by atoms with Crippen molar-refractivity contribution >= 4 is 5.91 Å². The lowest BCUT2D eigenvalue weighted by atomic mass is 9.92. The Hall–Kier alpha value is -0.610. The van der Waals surface area contributed by atoms with E-state index in [1.807, 2.05) is 0 Å². The molecule has 4 nitrogen and oxygen atoms in total. The maximum atomic E-state index is 11.9. The van der Waals surface area contributed by atoms with E-state index in [9.17, 15) is 4.79 Å². The van der Waals surface area contributed by atoms with Crippen molar-refractivity contribution in [2.45, 2.75) is 51.7 Å². The average Bonchev–Trinajstić information content (AvgIpc) is 2.36. The van der Waals surface area contributed by atoms with E-state index < -0.39 is 0 Å². The van der Waals surface area contributed by atoms with Crippen molar-refractivity contribution in [3.63, 3.8) is 0 Å². The summed E-state index contributed by atoms with van der Waals surface area (Å²) in [6.45, 7) is 6.50. The molecule has 0 aliphatic heterocycles. The number of nitrogens with zero attached hydrogens (tertiary/aromatic N) is 1. The summed E-state index contributed by atoms with van der Waals surface area (Å²) in [4.78, 5) is 14.0. The van der Waals surface area contributed by atoms with Gasteiger partial charge in [-0.1, -0.05) is 26.7 Å². The first-order chi connectivity index (χ1) is 8.21. The Balaban J connectivity index is 2.38. The molecule has 17 heavy (non-hydrogen) atoms. The zero-order valence-electron chi connectivity index (χ0n) is 11.4. The second kappa shape index (κ2) is 7.67. The van der Waals surface area contributed by atoms with Gasteiger partial charge in [0, 0.05) is 7.11 Å². The Morgan fingerprint density at radius 2 is 1.94 bits per heavy atom. The van der Waals surface area contributed by atoms with Crippen LogP contribution in [-0.2, 0) is 9.53 Å². The lowest BCUT2D eigenvalue weighted by molar-refractivity contribution is -0.124. The van der Waals surface area contributed by atoms with Gasteiger partial charge in [-0.15, -0.1) is 0 Å². The lowest BCUT2D eigenvalue weighted by Gasteiger charge is -2.31. The van der Waals surface area contributed by atoms with Gasteiger partial charge < -0.3 is 10.1 Å². The predicted molar refractivity (Wildman–Crippen MR) is 69.0 cm³/mol. The SMILES string of the molecule is CCN(CC)CC(=O)N[C@@H]1CCCC[C@@H]1OC. The van der Waals surface area contributed by atoms with Crippen LogP contribution in [0.3, 0.4) is 0 Å². The standard InChI is InChI=1S/C13H26N2O2/c1-4-15(5-2)10-13(16)14-11-8-6-7-9-12(11)17-3/h11-12H,4-10H2,1-3H3,(H,14,16)/t11-,12+/m1/s1. The van der Waals surface area contributed by atoms with Crippen molar-refractivity contribution in [2.75, 3.05) is 26.7 Å². The van der Waals surface area contributed by atoms with Crippen molar-refractivity contribution in [2.24, 2.45) is 0 Å². The highest BCUT2D eigenvalue weighted by Crippen LogP contribution is 2.20. The number of methoxy groups -OCH3 is 1. The Labute approximate surface area is 105 Å². The molecule has 2 atom stereocenters. The van der Waals surface area contributed by atoms with Gasteiger partial charge in [0.25, 0.3) is 0 Å². The molecule has 0 aromatic carbocycles. The van der Waals surface area contributed by atoms with Gasteiger partial charge in [-0.25, -0.2) is 0 Å². The molecule has 0 aromatic rings. The maximum absolute atomic E-state index is 11.9. The monoisotopic (exact) mass is 242 g/mol. The summed E-state index contributed by atoms with van der Waals surface area (Å²) in [5, 5.41) is 3.11. The molecule has 0 aromatic heterocycles. The minimum atomic E-state index is 0.127. The molecule has 1 fully saturated rings. The fourth-order valence-corrected chi connectivity index (χ4v) is 2.45. The van der Waals surface area contributed by atoms with Gasteiger partial charge >= 0.3 is 0 Å². The third-order valence-corrected chi connectivity index (χ3v) is 3.61. The lowest BCUT2D eigenvalue weighted by Crippen LogP contribution is -2.49. The highest BCUT2D eigenvalue weighted by atomic mass is 16.5. The van der Waals surface area contributed by atoms with Gasteiger partial charge in [-0.2, -0.15) is 0 Å². The second-order valence-electron chi connectivity index (χ2n) is 4.69. The number of amides is 1. The quantitative estimate of drug-likeness (QED) is 0.765. The van der Waals surface area contributed by atoms with Gasteiger partial charge in [0.2, 0.25) is 5.91 Å². The molecule has 0 unspecified atom stereocenters. The van der Waals surface area contributed by atoms with Crippen molar-refractivity contribution in [3.8, 4) is 0 Å². The molecule has 0 bridgehead atoms. The van der Waals surface area contributed by atoms with Crippen LogP contribution in [0.1, 0.15) is 39.5 Å². The molecule has 1 aliphatic rings. The average molecular weight is 242 g/mol. The molecule has 1 amide bonds. The van der Waals surface area contributed by atoms with Gasteiger partial charge in [-0.3, -0.25) is 9.69 Å². The number of rotatable bonds is 6. The zero-order valence-corrected chi connectivity index (χ0v) is 11.4. The molecule has 0 saturated heterocycles. The summed E-state index contributed by atoms with van der Waals surface area (Å²) in [5.74, 6) is 0.127. The molecule has 1 aliphatic carbocycles. The zero-order chi connectivity index (χ0) is 12.7. The fourth-order valence-electron chi connectivity index (χ4n) is 2.45. The highest BCUT2D eigenvalue weighted by Gasteiger charge is 2.26. The van der Waals surface area contributed by atoms with E-state index >= 15 is 0 Å². The summed E-state index contributed by atoms with van der Waals surface area (Å²) in [6.07, 6.45) is 4.70. The van der Waals surface area contributed by atoms with Crippen LogP contribution in [0.25, 0.3) is 0 Å². The number of likely N-dealkylation sites (N-methyl/N-ethyl adjacent to an activating group) is 1. The van der Waals surface area contributed by atoms with Crippen molar-refractivity contribution in [1.82, 2.24) is 10.2 Å².